The van der Waals surface area contributed by atoms with Crippen LogP contribution in [0.25, 0.3) is 0 Å². The summed E-state index contributed by atoms with van der Waals surface area (Å²) in [6.07, 6.45) is -4.73. The molecular weight excluding hydrogens is 342 g/mol. The molecule has 20 heavy (non-hydrogen) atoms. The van der Waals surface area contributed by atoms with E-state index in [0.717, 1.165) is 0 Å². The zero-order valence-electron chi connectivity index (χ0n) is 10.3. The average molecular weight is 352 g/mol. The van der Waals surface area contributed by atoms with Crippen LogP contribution in [0, 0.1) is 5.82 Å². The topological polar surface area (TPSA) is 25.2 Å². The van der Waals surface area contributed by atoms with Crippen LogP contribution in [0.5, 0.6) is 0 Å². The fourth-order valence-corrected chi connectivity index (χ4v) is 2.25. The van der Waals surface area contributed by atoms with E-state index >= 15 is 0 Å². The number of hydrogen-bond donors (Lipinski definition) is 1. The summed E-state index contributed by atoms with van der Waals surface area (Å²) in [4.78, 5) is 0. The van der Waals surface area contributed by atoms with E-state index in [-0.39, 0.29) is 5.56 Å². The van der Waals surface area contributed by atoms with Gasteiger partial charge < -0.3 is 9.73 Å². The number of hydrogen-bond acceptors (Lipinski definition) is 2. The van der Waals surface area contributed by atoms with Crippen LogP contribution in [0.2, 0.25) is 0 Å². The Morgan fingerprint density at radius 2 is 1.90 bits per heavy atom. The van der Waals surface area contributed by atoms with Crippen molar-refractivity contribution in [3.05, 3.63) is 57.7 Å². The van der Waals surface area contributed by atoms with Crippen molar-refractivity contribution >= 4 is 15.9 Å². The van der Waals surface area contributed by atoms with Crippen molar-refractivity contribution in [3.63, 3.8) is 0 Å². The Morgan fingerprint density at radius 3 is 2.40 bits per heavy atom. The van der Waals surface area contributed by atoms with Gasteiger partial charge in [0.25, 0.3) is 0 Å². The third-order valence-electron chi connectivity index (χ3n) is 2.81. The van der Waals surface area contributed by atoms with E-state index in [4.69, 9.17) is 4.42 Å². The number of halogens is 5. The van der Waals surface area contributed by atoms with Crippen LogP contribution in [0.1, 0.15) is 22.9 Å². The fourth-order valence-electron chi connectivity index (χ4n) is 1.93. The molecule has 7 heteroatoms. The molecule has 1 aromatic heterocycles. The van der Waals surface area contributed by atoms with Crippen molar-refractivity contribution < 1.29 is 22.0 Å². The van der Waals surface area contributed by atoms with Gasteiger partial charge >= 0.3 is 6.18 Å². The van der Waals surface area contributed by atoms with Gasteiger partial charge in [-0.15, -0.1) is 0 Å². The van der Waals surface area contributed by atoms with Crippen molar-refractivity contribution in [2.75, 3.05) is 7.05 Å². The van der Waals surface area contributed by atoms with Crippen molar-refractivity contribution in [2.24, 2.45) is 0 Å². The predicted molar refractivity (Wildman–Crippen MR) is 68.7 cm³/mol. The lowest BCUT2D eigenvalue weighted by Gasteiger charge is -2.17. The maximum atomic E-state index is 14.1. The highest BCUT2D eigenvalue weighted by molar-refractivity contribution is 9.10. The van der Waals surface area contributed by atoms with Gasteiger partial charge in [0, 0.05) is 5.56 Å². The Morgan fingerprint density at radius 1 is 1.20 bits per heavy atom. The van der Waals surface area contributed by atoms with Crippen LogP contribution >= 0.6 is 15.9 Å². The smallest absolute Gasteiger partial charge is 0.419 e. The maximum Gasteiger partial charge on any atom is 0.419 e. The highest BCUT2D eigenvalue weighted by Crippen LogP contribution is 2.35. The quantitative estimate of drug-likeness (QED) is 0.823. The van der Waals surface area contributed by atoms with Gasteiger partial charge in [-0.3, -0.25) is 0 Å². The van der Waals surface area contributed by atoms with Gasteiger partial charge in [0.1, 0.15) is 11.6 Å². The maximum absolute atomic E-state index is 14.1. The Kier molecular flexibility index (Phi) is 4.19. The van der Waals surface area contributed by atoms with E-state index in [2.05, 4.69) is 21.2 Å². The first-order valence-electron chi connectivity index (χ1n) is 5.62. The van der Waals surface area contributed by atoms with E-state index in [1.165, 1.54) is 19.2 Å². The lowest BCUT2D eigenvalue weighted by atomic mass is 10.0. The monoisotopic (exact) mass is 351 g/mol. The second kappa shape index (κ2) is 5.57. The molecule has 0 amide bonds. The van der Waals surface area contributed by atoms with Gasteiger partial charge in [-0.2, -0.15) is 13.2 Å². The summed E-state index contributed by atoms with van der Waals surface area (Å²) in [7, 11) is 1.51. The minimum absolute atomic E-state index is 0.121. The van der Waals surface area contributed by atoms with Crippen molar-refractivity contribution in [1.82, 2.24) is 5.32 Å². The normalized spacial score (nSPS) is 13.5. The number of benzene rings is 1. The zero-order chi connectivity index (χ0) is 14.9. The van der Waals surface area contributed by atoms with E-state index in [0.29, 0.717) is 16.5 Å². The van der Waals surface area contributed by atoms with Gasteiger partial charge in [0.2, 0.25) is 0 Å². The van der Waals surface area contributed by atoms with E-state index in [1.54, 1.807) is 12.1 Å². The second-order valence-corrected chi connectivity index (χ2v) is 4.85. The summed E-state index contributed by atoms with van der Waals surface area (Å²) < 4.78 is 57.9. The van der Waals surface area contributed by atoms with Crippen LogP contribution in [0.15, 0.2) is 39.4 Å². The third-order valence-corrected chi connectivity index (χ3v) is 3.24. The molecule has 1 heterocycles. The van der Waals surface area contributed by atoms with Crippen LogP contribution < -0.4 is 5.32 Å². The number of nitrogens with one attached hydrogen (secondary N) is 1. The van der Waals surface area contributed by atoms with Crippen LogP contribution in [0.4, 0.5) is 17.6 Å². The molecule has 0 spiro atoms. The van der Waals surface area contributed by atoms with Gasteiger partial charge in [-0.05, 0) is 41.2 Å². The largest absolute Gasteiger partial charge is 0.452 e. The predicted octanol–water partition coefficient (Wildman–Crippen LogP) is 4.51. The summed E-state index contributed by atoms with van der Waals surface area (Å²) in [5.74, 6) is -0.982. The lowest BCUT2D eigenvalue weighted by molar-refractivity contribution is -0.140. The van der Waals surface area contributed by atoms with E-state index < -0.39 is 23.6 Å². The molecule has 1 N–H and O–H groups in total. The molecule has 0 radical (unpaired) electrons. The third kappa shape index (κ3) is 2.88. The first-order chi connectivity index (χ1) is 9.34. The van der Waals surface area contributed by atoms with E-state index in [1.807, 2.05) is 0 Å². The molecule has 2 aromatic rings. The molecular formula is C13H10BrF4NO. The van der Waals surface area contributed by atoms with Gasteiger partial charge in [0.15, 0.2) is 4.67 Å². The summed E-state index contributed by atoms with van der Waals surface area (Å²) in [6, 6.07) is 5.52. The molecule has 0 aliphatic carbocycles. The first kappa shape index (κ1) is 15.1. The Balaban J connectivity index is 2.51. The molecule has 0 saturated heterocycles. The highest BCUT2D eigenvalue weighted by atomic mass is 79.9. The Bertz CT molecular complexity index is 609. The average Bonchev–Trinajstić information content (AvgIpc) is 2.77. The second-order valence-electron chi connectivity index (χ2n) is 4.07. The minimum Gasteiger partial charge on any atom is -0.452 e. The lowest BCUT2D eigenvalue weighted by Crippen LogP contribution is -2.20. The first-order valence-corrected chi connectivity index (χ1v) is 6.42. The number of rotatable bonds is 3. The van der Waals surface area contributed by atoms with Crippen LogP contribution in [0.3, 0.4) is 0 Å². The highest BCUT2D eigenvalue weighted by Gasteiger charge is 2.36. The van der Waals surface area contributed by atoms with Gasteiger partial charge in [-0.1, -0.05) is 12.1 Å². The summed E-state index contributed by atoms with van der Waals surface area (Å²) >= 11 is 3.10. The minimum atomic E-state index is -4.73. The van der Waals surface area contributed by atoms with Gasteiger partial charge in [-0.25, -0.2) is 4.39 Å². The fraction of sp³-hybridized carbons (Fsp3) is 0.231. The molecule has 0 aliphatic heterocycles. The van der Waals surface area contributed by atoms with Crippen molar-refractivity contribution in [1.29, 1.82) is 0 Å². The molecule has 0 fully saturated rings. The number of furan rings is 1. The molecule has 1 unspecified atom stereocenters. The number of alkyl halides is 3. The zero-order valence-corrected chi connectivity index (χ0v) is 11.8. The van der Waals surface area contributed by atoms with Crippen LogP contribution in [-0.4, -0.2) is 7.05 Å². The summed E-state index contributed by atoms with van der Waals surface area (Å²) in [6.45, 7) is 0. The van der Waals surface area contributed by atoms with E-state index in [9.17, 15) is 17.6 Å². The molecule has 2 rings (SSSR count). The molecule has 1 aromatic carbocycles. The summed E-state index contributed by atoms with van der Waals surface area (Å²) in [5, 5.41) is 2.75. The molecule has 2 nitrogen and oxygen atoms in total. The molecule has 108 valence electrons. The molecule has 1 atom stereocenters. The van der Waals surface area contributed by atoms with Gasteiger partial charge in [0.05, 0.1) is 11.6 Å². The SMILES string of the molecule is CNC(c1ccc(Br)o1)c1cccc(C(F)(F)F)c1F. The Hall–Kier alpha value is -1.34. The summed E-state index contributed by atoms with van der Waals surface area (Å²) in [5.41, 5.74) is -1.41. The van der Waals surface area contributed by atoms with Crippen LogP contribution in [-0.2, 0) is 6.18 Å². The van der Waals surface area contributed by atoms with Crippen molar-refractivity contribution in [2.45, 2.75) is 12.2 Å². The van der Waals surface area contributed by atoms with Crippen molar-refractivity contribution in [3.8, 4) is 0 Å². The molecule has 0 saturated carbocycles. The molecule has 0 bridgehead atoms. The molecule has 0 aliphatic rings. The Labute approximate surface area is 120 Å². The standard InChI is InChI=1S/C13H10BrF4NO/c1-19-12(9-5-6-10(14)20-9)7-3-2-4-8(11(7)15)13(16,17)18/h2-6,12,19H,1H3.